The monoisotopic (exact) mass is 394 g/mol. The normalized spacial score (nSPS) is 26.4. The van der Waals surface area contributed by atoms with Gasteiger partial charge >= 0.3 is 0 Å². The van der Waals surface area contributed by atoms with Crippen LogP contribution in [-0.4, -0.2) is 29.3 Å². The third-order valence-electron chi connectivity index (χ3n) is 5.47. The van der Waals surface area contributed by atoms with Crippen LogP contribution in [0.3, 0.4) is 0 Å². The SMILES string of the molecule is COc1cccc(Cc2nnc(NC(=O)C3C4CCC(C4)C3N)s2)c1.Cl. The third kappa shape index (κ3) is 3.70. The van der Waals surface area contributed by atoms with Crippen LogP contribution < -0.4 is 15.8 Å². The number of rotatable bonds is 5. The minimum atomic E-state index is -0.0792. The van der Waals surface area contributed by atoms with Crippen LogP contribution in [0.25, 0.3) is 0 Å². The van der Waals surface area contributed by atoms with Crippen LogP contribution in [0.4, 0.5) is 5.13 Å². The number of anilines is 1. The number of carbonyl (C=O) groups is 1. The number of hydrogen-bond acceptors (Lipinski definition) is 6. The van der Waals surface area contributed by atoms with E-state index in [0.29, 0.717) is 23.4 Å². The lowest BCUT2D eigenvalue weighted by molar-refractivity contribution is -0.121. The first kappa shape index (κ1) is 19.1. The average molecular weight is 395 g/mol. The van der Waals surface area contributed by atoms with Crippen molar-refractivity contribution < 1.29 is 9.53 Å². The van der Waals surface area contributed by atoms with Crippen LogP contribution in [0.15, 0.2) is 24.3 Å². The summed E-state index contributed by atoms with van der Waals surface area (Å²) >= 11 is 1.41. The summed E-state index contributed by atoms with van der Waals surface area (Å²) < 4.78 is 5.24. The largest absolute Gasteiger partial charge is 0.497 e. The Kier molecular flexibility index (Phi) is 5.79. The van der Waals surface area contributed by atoms with Gasteiger partial charge in [0, 0.05) is 12.5 Å². The molecule has 4 rings (SSSR count). The Bertz CT molecular complexity index is 782. The molecule has 6 nitrogen and oxygen atoms in total. The van der Waals surface area contributed by atoms with E-state index in [4.69, 9.17) is 10.5 Å². The number of nitrogens with two attached hydrogens (primary N) is 1. The zero-order valence-electron chi connectivity index (χ0n) is 14.6. The van der Waals surface area contributed by atoms with Crippen LogP contribution in [0, 0.1) is 17.8 Å². The summed E-state index contributed by atoms with van der Waals surface area (Å²) in [5.74, 6) is 1.69. The molecule has 4 atom stereocenters. The van der Waals surface area contributed by atoms with Gasteiger partial charge in [-0.15, -0.1) is 22.6 Å². The van der Waals surface area contributed by atoms with Crippen molar-refractivity contribution in [1.82, 2.24) is 10.2 Å². The van der Waals surface area contributed by atoms with Gasteiger partial charge in [-0.1, -0.05) is 23.5 Å². The maximum absolute atomic E-state index is 12.6. The third-order valence-corrected chi connectivity index (χ3v) is 6.31. The van der Waals surface area contributed by atoms with Crippen molar-refractivity contribution in [2.75, 3.05) is 12.4 Å². The Morgan fingerprint density at radius 2 is 2.15 bits per heavy atom. The lowest BCUT2D eigenvalue weighted by atomic mass is 9.84. The number of ether oxygens (including phenoxy) is 1. The van der Waals surface area contributed by atoms with E-state index in [1.165, 1.54) is 17.8 Å². The zero-order chi connectivity index (χ0) is 17.4. The van der Waals surface area contributed by atoms with Crippen molar-refractivity contribution in [2.45, 2.75) is 31.7 Å². The van der Waals surface area contributed by atoms with Gasteiger partial charge < -0.3 is 15.8 Å². The van der Waals surface area contributed by atoms with Crippen molar-refractivity contribution in [3.63, 3.8) is 0 Å². The first-order valence-corrected chi connectivity index (χ1v) is 9.47. The highest BCUT2D eigenvalue weighted by Gasteiger charge is 2.49. The molecule has 2 aliphatic carbocycles. The van der Waals surface area contributed by atoms with E-state index >= 15 is 0 Å². The van der Waals surface area contributed by atoms with Gasteiger partial charge in [0.05, 0.1) is 13.0 Å². The first-order chi connectivity index (χ1) is 12.1. The molecule has 0 radical (unpaired) electrons. The number of benzene rings is 1. The van der Waals surface area contributed by atoms with Crippen molar-refractivity contribution in [1.29, 1.82) is 0 Å². The van der Waals surface area contributed by atoms with Crippen LogP contribution in [0.1, 0.15) is 29.8 Å². The highest BCUT2D eigenvalue weighted by atomic mass is 35.5. The van der Waals surface area contributed by atoms with Gasteiger partial charge in [0.15, 0.2) is 0 Å². The molecule has 1 heterocycles. The van der Waals surface area contributed by atoms with Crippen LogP contribution in [-0.2, 0) is 11.2 Å². The van der Waals surface area contributed by atoms with Gasteiger partial charge in [0.25, 0.3) is 0 Å². The highest BCUT2D eigenvalue weighted by Crippen LogP contribution is 2.47. The second-order valence-electron chi connectivity index (χ2n) is 6.95. The number of nitrogens with zero attached hydrogens (tertiary/aromatic N) is 2. The predicted octanol–water partition coefficient (Wildman–Crippen LogP) is 2.87. The smallest absolute Gasteiger partial charge is 0.231 e. The van der Waals surface area contributed by atoms with Gasteiger partial charge in [-0.05, 0) is 48.8 Å². The summed E-state index contributed by atoms with van der Waals surface area (Å²) in [6.45, 7) is 0. The molecular weight excluding hydrogens is 372 g/mol. The zero-order valence-corrected chi connectivity index (χ0v) is 16.2. The minimum absolute atomic E-state index is 0. The molecule has 26 heavy (non-hydrogen) atoms. The number of nitrogens with one attached hydrogen (secondary N) is 1. The Labute approximate surface area is 162 Å². The summed E-state index contributed by atoms with van der Waals surface area (Å²) in [5.41, 5.74) is 7.35. The number of carbonyl (C=O) groups excluding carboxylic acids is 1. The molecule has 140 valence electrons. The number of halogens is 1. The second kappa shape index (κ2) is 7.90. The summed E-state index contributed by atoms with van der Waals surface area (Å²) in [6.07, 6.45) is 4.04. The summed E-state index contributed by atoms with van der Waals surface area (Å²) in [6, 6.07) is 7.86. The molecule has 1 aromatic carbocycles. The van der Waals surface area contributed by atoms with E-state index in [1.807, 2.05) is 24.3 Å². The Hall–Kier alpha value is -1.70. The van der Waals surface area contributed by atoms with E-state index in [0.717, 1.165) is 29.2 Å². The quantitative estimate of drug-likeness (QED) is 0.813. The van der Waals surface area contributed by atoms with E-state index in [2.05, 4.69) is 15.5 Å². The second-order valence-corrected chi connectivity index (χ2v) is 8.02. The molecule has 0 saturated heterocycles. The fourth-order valence-corrected chi connectivity index (χ4v) is 5.02. The highest BCUT2D eigenvalue weighted by molar-refractivity contribution is 7.15. The van der Waals surface area contributed by atoms with Crippen molar-refractivity contribution in [3.05, 3.63) is 34.8 Å². The van der Waals surface area contributed by atoms with Crippen LogP contribution >= 0.6 is 23.7 Å². The van der Waals surface area contributed by atoms with Gasteiger partial charge in [0.1, 0.15) is 10.8 Å². The summed E-state index contributed by atoms with van der Waals surface area (Å²) in [7, 11) is 1.65. The molecule has 1 aromatic heterocycles. The molecule has 2 aromatic rings. The molecule has 0 spiro atoms. The molecule has 1 amide bonds. The van der Waals surface area contributed by atoms with Crippen molar-refractivity contribution >= 4 is 34.8 Å². The molecule has 2 bridgehead atoms. The summed E-state index contributed by atoms with van der Waals surface area (Å²) in [5, 5.41) is 12.7. The van der Waals surface area contributed by atoms with Crippen molar-refractivity contribution in [3.8, 4) is 5.75 Å². The van der Waals surface area contributed by atoms with E-state index in [-0.39, 0.29) is 30.3 Å². The minimum Gasteiger partial charge on any atom is -0.497 e. The molecule has 3 N–H and O–H groups in total. The maximum Gasteiger partial charge on any atom is 0.231 e. The number of amides is 1. The molecule has 4 unspecified atom stereocenters. The number of hydrogen-bond donors (Lipinski definition) is 2. The fraction of sp³-hybridized carbons (Fsp3) is 0.500. The predicted molar refractivity (Wildman–Crippen MR) is 104 cm³/mol. The van der Waals surface area contributed by atoms with Crippen LogP contribution in [0.5, 0.6) is 5.75 Å². The Morgan fingerprint density at radius 3 is 2.88 bits per heavy atom. The maximum atomic E-state index is 12.6. The Balaban J connectivity index is 0.00000196. The molecule has 2 fully saturated rings. The summed E-state index contributed by atoms with van der Waals surface area (Å²) in [4.78, 5) is 12.6. The number of methoxy groups -OCH3 is 1. The molecule has 2 saturated carbocycles. The molecule has 8 heteroatoms. The van der Waals surface area contributed by atoms with Crippen LogP contribution in [0.2, 0.25) is 0 Å². The first-order valence-electron chi connectivity index (χ1n) is 8.66. The fourth-order valence-electron chi connectivity index (χ4n) is 4.25. The molecular formula is C18H23ClN4O2S. The Morgan fingerprint density at radius 1 is 1.35 bits per heavy atom. The van der Waals surface area contributed by atoms with E-state index in [9.17, 15) is 4.79 Å². The van der Waals surface area contributed by atoms with Gasteiger partial charge in [-0.3, -0.25) is 4.79 Å². The number of aromatic nitrogens is 2. The van der Waals surface area contributed by atoms with E-state index in [1.54, 1.807) is 7.11 Å². The topological polar surface area (TPSA) is 90.1 Å². The molecule has 0 aliphatic heterocycles. The average Bonchev–Trinajstić information content (AvgIpc) is 3.31. The molecule has 2 aliphatic rings. The lowest BCUT2D eigenvalue weighted by Crippen LogP contribution is -2.42. The number of fused-ring (bicyclic) bond motifs is 2. The van der Waals surface area contributed by atoms with Gasteiger partial charge in [0.2, 0.25) is 11.0 Å². The van der Waals surface area contributed by atoms with Gasteiger partial charge in [-0.2, -0.15) is 0 Å². The van der Waals surface area contributed by atoms with Crippen molar-refractivity contribution in [2.24, 2.45) is 23.5 Å². The lowest BCUT2D eigenvalue weighted by Gasteiger charge is -2.26. The standard InChI is InChI=1S/C18H22N4O2S.ClH/c1-24-13-4-2-3-10(7-13)8-14-21-22-18(25-14)20-17(23)15-11-5-6-12(9-11)16(15)19;/h2-4,7,11-12,15-16H,5-6,8-9,19H2,1H3,(H,20,22,23);1H. The van der Waals surface area contributed by atoms with Gasteiger partial charge in [-0.25, -0.2) is 0 Å². The van der Waals surface area contributed by atoms with E-state index < -0.39 is 0 Å².